The molecule has 0 saturated carbocycles. The first-order valence-corrected chi connectivity index (χ1v) is 11.8. The minimum Gasteiger partial charge on any atom is -0.368 e. The number of anilines is 1. The molecule has 0 aliphatic rings. The SMILES string of the molecule is Cc1nc(-c2ccc(Cl)cn2)nc(NCC(CCCc2ccccc2)c2ccccc2)c1Cl. The number of benzene rings is 2. The second-order valence-corrected chi connectivity index (χ2v) is 8.84. The normalized spacial score (nSPS) is 11.8. The molecule has 4 aromatic rings. The Bertz CT molecular complexity index is 1170. The summed E-state index contributed by atoms with van der Waals surface area (Å²) in [5.41, 5.74) is 4.04. The van der Waals surface area contributed by atoms with Crippen LogP contribution in [-0.2, 0) is 6.42 Å². The van der Waals surface area contributed by atoms with Crippen molar-refractivity contribution in [1.82, 2.24) is 15.0 Å². The number of hydrogen-bond donors (Lipinski definition) is 1. The average molecular weight is 477 g/mol. The van der Waals surface area contributed by atoms with Gasteiger partial charge in [-0.15, -0.1) is 0 Å². The number of halogens is 2. The van der Waals surface area contributed by atoms with Crippen LogP contribution in [0.5, 0.6) is 0 Å². The Morgan fingerprint density at radius 1 is 0.879 bits per heavy atom. The van der Waals surface area contributed by atoms with E-state index in [0.29, 0.717) is 39.0 Å². The van der Waals surface area contributed by atoms with Crippen LogP contribution in [0.25, 0.3) is 11.5 Å². The van der Waals surface area contributed by atoms with Gasteiger partial charge in [-0.1, -0.05) is 83.9 Å². The van der Waals surface area contributed by atoms with Gasteiger partial charge in [-0.05, 0) is 49.4 Å². The van der Waals surface area contributed by atoms with Crippen molar-refractivity contribution in [3.63, 3.8) is 0 Å². The summed E-state index contributed by atoms with van der Waals surface area (Å²) in [6, 6.07) is 24.8. The molecule has 168 valence electrons. The van der Waals surface area contributed by atoms with Crippen molar-refractivity contribution in [3.05, 3.63) is 106 Å². The van der Waals surface area contributed by atoms with Gasteiger partial charge in [0.05, 0.1) is 10.7 Å². The molecule has 1 N–H and O–H groups in total. The molecule has 2 aromatic heterocycles. The maximum atomic E-state index is 6.56. The second kappa shape index (κ2) is 11.3. The summed E-state index contributed by atoms with van der Waals surface area (Å²) in [5.74, 6) is 1.48. The van der Waals surface area contributed by atoms with Crippen molar-refractivity contribution in [2.24, 2.45) is 0 Å². The summed E-state index contributed by atoms with van der Waals surface area (Å²) >= 11 is 12.5. The third-order valence-corrected chi connectivity index (χ3v) is 6.30. The summed E-state index contributed by atoms with van der Waals surface area (Å²) < 4.78 is 0. The molecule has 0 radical (unpaired) electrons. The van der Waals surface area contributed by atoms with Gasteiger partial charge < -0.3 is 5.32 Å². The predicted octanol–water partition coefficient (Wildman–Crippen LogP) is 7.37. The third kappa shape index (κ3) is 6.31. The van der Waals surface area contributed by atoms with E-state index in [1.54, 1.807) is 12.3 Å². The van der Waals surface area contributed by atoms with Crippen molar-refractivity contribution in [3.8, 4) is 11.5 Å². The summed E-state index contributed by atoms with van der Waals surface area (Å²) in [4.78, 5) is 13.5. The smallest absolute Gasteiger partial charge is 0.180 e. The van der Waals surface area contributed by atoms with Crippen LogP contribution < -0.4 is 5.32 Å². The maximum absolute atomic E-state index is 6.56. The van der Waals surface area contributed by atoms with Crippen LogP contribution in [0, 0.1) is 6.92 Å². The highest BCUT2D eigenvalue weighted by atomic mass is 35.5. The Balaban J connectivity index is 1.50. The molecular formula is C27H26Cl2N4. The van der Waals surface area contributed by atoms with Crippen LogP contribution in [0.4, 0.5) is 5.82 Å². The molecule has 4 nitrogen and oxygen atoms in total. The predicted molar refractivity (Wildman–Crippen MR) is 137 cm³/mol. The van der Waals surface area contributed by atoms with Crippen molar-refractivity contribution >= 4 is 29.0 Å². The Labute approximate surface area is 205 Å². The van der Waals surface area contributed by atoms with Gasteiger partial charge in [0, 0.05) is 18.7 Å². The van der Waals surface area contributed by atoms with Gasteiger partial charge in [-0.25, -0.2) is 9.97 Å². The van der Waals surface area contributed by atoms with Gasteiger partial charge in [0.15, 0.2) is 5.82 Å². The van der Waals surface area contributed by atoms with Crippen molar-refractivity contribution in [1.29, 1.82) is 0 Å². The Morgan fingerprint density at radius 2 is 1.61 bits per heavy atom. The lowest BCUT2D eigenvalue weighted by molar-refractivity contribution is 0.611. The number of hydrogen-bond acceptors (Lipinski definition) is 4. The van der Waals surface area contributed by atoms with Crippen molar-refractivity contribution in [2.75, 3.05) is 11.9 Å². The highest BCUT2D eigenvalue weighted by molar-refractivity contribution is 6.33. The minimum atomic E-state index is 0.332. The van der Waals surface area contributed by atoms with E-state index in [-0.39, 0.29) is 0 Å². The fourth-order valence-electron chi connectivity index (χ4n) is 3.83. The second-order valence-electron chi connectivity index (χ2n) is 8.02. The van der Waals surface area contributed by atoms with Crippen LogP contribution in [0.2, 0.25) is 10.0 Å². The van der Waals surface area contributed by atoms with E-state index in [9.17, 15) is 0 Å². The van der Waals surface area contributed by atoms with Gasteiger partial charge in [0.2, 0.25) is 0 Å². The van der Waals surface area contributed by atoms with Gasteiger partial charge in [0.1, 0.15) is 16.5 Å². The summed E-state index contributed by atoms with van der Waals surface area (Å²) in [7, 11) is 0. The van der Waals surface area contributed by atoms with E-state index in [2.05, 4.69) is 74.9 Å². The van der Waals surface area contributed by atoms with Gasteiger partial charge in [-0.3, -0.25) is 4.98 Å². The molecule has 1 unspecified atom stereocenters. The molecule has 0 fully saturated rings. The van der Waals surface area contributed by atoms with Crippen LogP contribution >= 0.6 is 23.2 Å². The first kappa shape index (κ1) is 23.2. The van der Waals surface area contributed by atoms with Gasteiger partial charge in [0.25, 0.3) is 0 Å². The zero-order valence-corrected chi connectivity index (χ0v) is 20.0. The van der Waals surface area contributed by atoms with Gasteiger partial charge in [-0.2, -0.15) is 0 Å². The lowest BCUT2D eigenvalue weighted by Gasteiger charge is -2.20. The number of aryl methyl sites for hydroxylation is 2. The first-order chi connectivity index (χ1) is 16.1. The number of aromatic nitrogens is 3. The van der Waals surface area contributed by atoms with Gasteiger partial charge >= 0.3 is 0 Å². The number of nitrogens with one attached hydrogen (secondary N) is 1. The average Bonchev–Trinajstić information content (AvgIpc) is 2.85. The molecule has 33 heavy (non-hydrogen) atoms. The van der Waals surface area contributed by atoms with E-state index in [0.717, 1.165) is 25.8 Å². The first-order valence-electron chi connectivity index (χ1n) is 11.1. The number of nitrogens with zero attached hydrogens (tertiary/aromatic N) is 3. The summed E-state index contributed by atoms with van der Waals surface area (Å²) in [6.07, 6.45) is 4.81. The molecule has 0 amide bonds. The molecule has 4 rings (SSSR count). The minimum absolute atomic E-state index is 0.332. The molecule has 0 aliphatic heterocycles. The molecule has 0 spiro atoms. The molecule has 2 heterocycles. The fourth-order valence-corrected chi connectivity index (χ4v) is 4.09. The number of pyridine rings is 1. The summed E-state index contributed by atoms with van der Waals surface area (Å²) in [6.45, 7) is 2.60. The Hall–Kier alpha value is -2.95. The van der Waals surface area contributed by atoms with E-state index < -0.39 is 0 Å². The maximum Gasteiger partial charge on any atom is 0.180 e. The standard InChI is InChI=1S/C27H26Cl2N4/c1-19-25(29)27(33-26(32-19)24-16-15-23(28)18-30-24)31-17-22(21-12-6-3-7-13-21)14-8-11-20-9-4-2-5-10-20/h2-7,9-10,12-13,15-16,18,22H,8,11,14,17H2,1H3,(H,31,32,33). The summed E-state index contributed by atoms with van der Waals surface area (Å²) in [5, 5.41) is 4.59. The molecule has 0 aliphatic carbocycles. The zero-order chi connectivity index (χ0) is 23.0. The fraction of sp³-hybridized carbons (Fsp3) is 0.222. The molecule has 2 aromatic carbocycles. The monoisotopic (exact) mass is 476 g/mol. The quantitative estimate of drug-likeness (QED) is 0.273. The molecule has 1 atom stereocenters. The van der Waals surface area contributed by atoms with Crippen LogP contribution in [-0.4, -0.2) is 21.5 Å². The molecule has 6 heteroatoms. The lowest BCUT2D eigenvalue weighted by atomic mass is 9.92. The van der Waals surface area contributed by atoms with E-state index in [4.69, 9.17) is 23.2 Å². The number of rotatable bonds is 9. The molecular weight excluding hydrogens is 451 g/mol. The van der Waals surface area contributed by atoms with Crippen LogP contribution in [0.15, 0.2) is 79.0 Å². The molecule has 0 saturated heterocycles. The highest BCUT2D eigenvalue weighted by Crippen LogP contribution is 2.28. The molecule has 0 bridgehead atoms. The van der Waals surface area contributed by atoms with Crippen molar-refractivity contribution in [2.45, 2.75) is 32.1 Å². The third-order valence-electron chi connectivity index (χ3n) is 5.62. The Morgan fingerprint density at radius 3 is 2.30 bits per heavy atom. The van der Waals surface area contributed by atoms with Crippen LogP contribution in [0.3, 0.4) is 0 Å². The topological polar surface area (TPSA) is 50.7 Å². The van der Waals surface area contributed by atoms with E-state index in [1.807, 2.05) is 19.1 Å². The van der Waals surface area contributed by atoms with Crippen LogP contribution in [0.1, 0.15) is 35.6 Å². The zero-order valence-electron chi connectivity index (χ0n) is 18.5. The largest absolute Gasteiger partial charge is 0.368 e. The Kier molecular flexibility index (Phi) is 7.92. The lowest BCUT2D eigenvalue weighted by Crippen LogP contribution is -2.15. The van der Waals surface area contributed by atoms with E-state index in [1.165, 1.54) is 11.1 Å². The van der Waals surface area contributed by atoms with E-state index >= 15 is 0 Å². The highest BCUT2D eigenvalue weighted by Gasteiger charge is 2.16. The van der Waals surface area contributed by atoms with Crippen molar-refractivity contribution < 1.29 is 0 Å².